The normalized spacial score (nSPS) is 11.0. The molecule has 0 bridgehead atoms. The van der Waals surface area contributed by atoms with Crippen molar-refractivity contribution in [2.24, 2.45) is 0 Å². The summed E-state index contributed by atoms with van der Waals surface area (Å²) >= 11 is 2.18. The van der Waals surface area contributed by atoms with Crippen LogP contribution in [0.5, 0.6) is 5.75 Å². The largest absolute Gasteiger partial charge is 0.489 e. The summed E-state index contributed by atoms with van der Waals surface area (Å²) in [5, 5.41) is 2.46. The van der Waals surface area contributed by atoms with Crippen LogP contribution in [0.3, 0.4) is 0 Å². The molecule has 2 aromatic carbocycles. The van der Waals surface area contributed by atoms with Crippen LogP contribution in [0.1, 0.15) is 0 Å². The molecule has 0 N–H and O–H groups in total. The molecular weight excluding hydrogens is 299 g/mol. The van der Waals surface area contributed by atoms with Crippen molar-refractivity contribution in [3.05, 3.63) is 52.6 Å². The van der Waals surface area contributed by atoms with Crippen LogP contribution in [-0.2, 0) is 0 Å². The summed E-state index contributed by atoms with van der Waals surface area (Å²) in [6, 6.07) is 14.4. The van der Waals surface area contributed by atoms with E-state index in [4.69, 9.17) is 4.74 Å². The van der Waals surface area contributed by atoms with E-state index in [0.717, 1.165) is 5.75 Å². The van der Waals surface area contributed by atoms with Crippen LogP contribution in [0.25, 0.3) is 10.8 Å². The Morgan fingerprint density at radius 3 is 2.67 bits per heavy atom. The average Bonchev–Trinajstić information content (AvgIpc) is 2.29. The molecule has 15 heavy (non-hydrogen) atoms. The van der Waals surface area contributed by atoms with E-state index in [1.54, 1.807) is 0 Å². The first kappa shape index (κ1) is 10.5. The van der Waals surface area contributed by atoms with Crippen molar-refractivity contribution < 1.29 is 4.74 Å². The van der Waals surface area contributed by atoms with Crippen LogP contribution >= 0.6 is 22.6 Å². The van der Waals surface area contributed by atoms with Gasteiger partial charge < -0.3 is 4.74 Å². The van der Waals surface area contributed by atoms with Crippen molar-refractivity contribution in [3.8, 4) is 5.75 Å². The van der Waals surface area contributed by atoms with Crippen molar-refractivity contribution in [1.29, 1.82) is 0 Å². The summed E-state index contributed by atoms with van der Waals surface area (Å²) < 4.78 is 7.52. The minimum atomic E-state index is 0.626. The Kier molecular flexibility index (Phi) is 3.61. The average molecular weight is 310 g/mol. The zero-order chi connectivity index (χ0) is 10.5. The third-order valence-corrected chi connectivity index (χ3v) is 2.66. The SMILES string of the molecule is IC=CCOc1ccc2ccccc2c1. The molecule has 0 fully saturated rings. The molecule has 0 radical (unpaired) electrons. The quantitative estimate of drug-likeness (QED) is 0.773. The highest BCUT2D eigenvalue weighted by atomic mass is 127. The predicted octanol–water partition coefficient (Wildman–Crippen LogP) is 4.17. The third-order valence-electron chi connectivity index (χ3n) is 2.16. The van der Waals surface area contributed by atoms with Gasteiger partial charge in [-0.25, -0.2) is 0 Å². The summed E-state index contributed by atoms with van der Waals surface area (Å²) in [5.74, 6) is 0.920. The fourth-order valence-corrected chi connectivity index (χ4v) is 1.65. The molecule has 0 amide bonds. The Balaban J connectivity index is 2.23. The van der Waals surface area contributed by atoms with Gasteiger partial charge in [-0.1, -0.05) is 52.9 Å². The van der Waals surface area contributed by atoms with Crippen molar-refractivity contribution in [3.63, 3.8) is 0 Å². The van der Waals surface area contributed by atoms with Gasteiger partial charge in [0.25, 0.3) is 0 Å². The minimum Gasteiger partial charge on any atom is -0.489 e. The predicted molar refractivity (Wildman–Crippen MR) is 72.6 cm³/mol. The first-order valence-corrected chi connectivity index (χ1v) is 6.01. The number of hydrogen-bond acceptors (Lipinski definition) is 1. The molecule has 76 valence electrons. The summed E-state index contributed by atoms with van der Waals surface area (Å²) in [6.45, 7) is 0.626. The molecule has 0 aliphatic heterocycles. The van der Waals surface area contributed by atoms with Crippen molar-refractivity contribution in [2.75, 3.05) is 6.61 Å². The second-order valence-electron chi connectivity index (χ2n) is 3.18. The van der Waals surface area contributed by atoms with Crippen molar-refractivity contribution in [2.45, 2.75) is 0 Å². The number of ether oxygens (including phenoxy) is 1. The fraction of sp³-hybridized carbons (Fsp3) is 0.0769. The highest BCUT2D eigenvalue weighted by Gasteiger charge is 1.95. The van der Waals surface area contributed by atoms with E-state index < -0.39 is 0 Å². The van der Waals surface area contributed by atoms with Gasteiger partial charge in [0.15, 0.2) is 0 Å². The zero-order valence-corrected chi connectivity index (χ0v) is 10.3. The third kappa shape index (κ3) is 2.72. The summed E-state index contributed by atoms with van der Waals surface area (Å²) in [6.07, 6.45) is 1.98. The number of halogens is 1. The number of rotatable bonds is 3. The monoisotopic (exact) mass is 310 g/mol. The fourth-order valence-electron chi connectivity index (χ4n) is 1.44. The molecule has 2 rings (SSSR count). The molecule has 0 unspecified atom stereocenters. The maximum Gasteiger partial charge on any atom is 0.120 e. The molecule has 0 spiro atoms. The lowest BCUT2D eigenvalue weighted by atomic mass is 10.1. The van der Waals surface area contributed by atoms with E-state index in [1.165, 1.54) is 10.8 Å². The Morgan fingerprint density at radius 1 is 1.07 bits per heavy atom. The van der Waals surface area contributed by atoms with Crippen molar-refractivity contribution in [1.82, 2.24) is 0 Å². The maximum absolute atomic E-state index is 5.56. The van der Waals surface area contributed by atoms with E-state index in [1.807, 2.05) is 28.4 Å². The Hall–Kier alpha value is -1.03. The van der Waals surface area contributed by atoms with Gasteiger partial charge in [-0.3, -0.25) is 0 Å². The topological polar surface area (TPSA) is 9.23 Å². The zero-order valence-electron chi connectivity index (χ0n) is 8.19. The standard InChI is InChI=1S/C13H11IO/c14-8-3-9-15-13-7-6-11-4-1-2-5-12(11)10-13/h1-8,10H,9H2. The van der Waals surface area contributed by atoms with Gasteiger partial charge in [0, 0.05) is 0 Å². The smallest absolute Gasteiger partial charge is 0.120 e. The number of benzene rings is 2. The first-order chi connectivity index (χ1) is 7.40. The van der Waals surface area contributed by atoms with E-state index >= 15 is 0 Å². The maximum atomic E-state index is 5.56. The molecule has 0 aliphatic carbocycles. The highest BCUT2D eigenvalue weighted by Crippen LogP contribution is 2.20. The van der Waals surface area contributed by atoms with Gasteiger partial charge in [-0.2, -0.15) is 0 Å². The van der Waals surface area contributed by atoms with Gasteiger partial charge >= 0.3 is 0 Å². The van der Waals surface area contributed by atoms with Crippen molar-refractivity contribution >= 4 is 33.4 Å². The lowest BCUT2D eigenvalue weighted by Crippen LogP contribution is -1.92. The van der Waals surface area contributed by atoms with Crippen LogP contribution < -0.4 is 4.74 Å². The summed E-state index contributed by atoms with van der Waals surface area (Å²) in [5.41, 5.74) is 0. The van der Waals surface area contributed by atoms with Gasteiger partial charge in [-0.05, 0) is 33.1 Å². The Bertz CT molecular complexity index is 477. The van der Waals surface area contributed by atoms with E-state index in [-0.39, 0.29) is 0 Å². The minimum absolute atomic E-state index is 0.626. The molecule has 0 aliphatic rings. The molecular formula is C13H11IO. The summed E-state index contributed by atoms with van der Waals surface area (Å²) in [7, 11) is 0. The van der Waals surface area contributed by atoms with Crippen LogP contribution in [0.15, 0.2) is 52.6 Å². The van der Waals surface area contributed by atoms with Crippen LogP contribution in [0, 0.1) is 0 Å². The Labute approximate surface area is 103 Å². The van der Waals surface area contributed by atoms with Gasteiger partial charge in [-0.15, -0.1) is 0 Å². The summed E-state index contributed by atoms with van der Waals surface area (Å²) in [4.78, 5) is 0. The van der Waals surface area contributed by atoms with E-state index in [9.17, 15) is 0 Å². The molecule has 0 atom stereocenters. The molecule has 0 heterocycles. The number of fused-ring (bicyclic) bond motifs is 1. The lowest BCUT2D eigenvalue weighted by molar-refractivity contribution is 0.363. The van der Waals surface area contributed by atoms with Gasteiger partial charge in [0.1, 0.15) is 12.4 Å². The molecule has 2 aromatic rings. The molecule has 2 heteroatoms. The molecule has 0 saturated heterocycles. The highest BCUT2D eigenvalue weighted by molar-refractivity contribution is 14.1. The van der Waals surface area contributed by atoms with Crippen LogP contribution in [0.4, 0.5) is 0 Å². The Morgan fingerprint density at radius 2 is 1.87 bits per heavy atom. The molecule has 1 nitrogen and oxygen atoms in total. The van der Waals surface area contributed by atoms with E-state index in [0.29, 0.717) is 6.61 Å². The van der Waals surface area contributed by atoms with Crippen LogP contribution in [-0.4, -0.2) is 6.61 Å². The molecule has 0 aromatic heterocycles. The van der Waals surface area contributed by atoms with Gasteiger partial charge in [0.05, 0.1) is 0 Å². The molecule has 0 saturated carbocycles. The second kappa shape index (κ2) is 5.16. The van der Waals surface area contributed by atoms with Gasteiger partial charge in [0.2, 0.25) is 0 Å². The second-order valence-corrected chi connectivity index (χ2v) is 3.90. The van der Waals surface area contributed by atoms with E-state index in [2.05, 4.69) is 46.9 Å². The number of hydrogen-bond donors (Lipinski definition) is 0. The lowest BCUT2D eigenvalue weighted by Gasteiger charge is -2.04. The first-order valence-electron chi connectivity index (χ1n) is 4.77. The van der Waals surface area contributed by atoms with Crippen LogP contribution in [0.2, 0.25) is 0 Å².